The van der Waals surface area contributed by atoms with E-state index in [-0.39, 0.29) is 6.10 Å². The molecule has 0 aliphatic rings. The first kappa shape index (κ1) is 16.5. The minimum atomic E-state index is -0.376. The fourth-order valence-electron chi connectivity index (χ4n) is 1.22. The highest BCUT2D eigenvalue weighted by Crippen LogP contribution is 2.00. The summed E-state index contributed by atoms with van der Waals surface area (Å²) in [7, 11) is 0. The molecule has 0 saturated carbocycles. The summed E-state index contributed by atoms with van der Waals surface area (Å²) in [4.78, 5) is 0. The van der Waals surface area contributed by atoms with Gasteiger partial charge in [0.25, 0.3) is 0 Å². The van der Waals surface area contributed by atoms with Gasteiger partial charge in [-0.05, 0) is 50.3 Å². The van der Waals surface area contributed by atoms with Crippen LogP contribution in [0, 0.1) is 11.8 Å². The van der Waals surface area contributed by atoms with Crippen LogP contribution in [0.2, 0.25) is 0 Å². The van der Waals surface area contributed by atoms with E-state index in [9.17, 15) is 5.11 Å². The molecule has 0 aromatic heterocycles. The van der Waals surface area contributed by atoms with E-state index >= 15 is 0 Å². The van der Waals surface area contributed by atoms with E-state index in [0.717, 1.165) is 19.3 Å². The van der Waals surface area contributed by atoms with Gasteiger partial charge in [0.2, 0.25) is 0 Å². The first-order chi connectivity index (χ1) is 8.81. The molecular formula is C17H24O. The highest BCUT2D eigenvalue weighted by Gasteiger charge is 1.88. The average molecular weight is 244 g/mol. The SMILES string of the molecule is C=CCCCCC=CC=CC#CC=CC(O)CC. The molecule has 0 aliphatic heterocycles. The molecule has 0 bridgehead atoms. The summed E-state index contributed by atoms with van der Waals surface area (Å²) >= 11 is 0. The first-order valence-electron chi connectivity index (χ1n) is 6.59. The van der Waals surface area contributed by atoms with E-state index < -0.39 is 0 Å². The van der Waals surface area contributed by atoms with Crippen LogP contribution >= 0.6 is 0 Å². The third kappa shape index (κ3) is 12.5. The largest absolute Gasteiger partial charge is 0.389 e. The lowest BCUT2D eigenvalue weighted by Gasteiger charge is -1.95. The lowest BCUT2D eigenvalue weighted by atomic mass is 10.2. The maximum absolute atomic E-state index is 9.23. The van der Waals surface area contributed by atoms with Crippen molar-refractivity contribution in [1.82, 2.24) is 0 Å². The Kier molecular flexibility index (Phi) is 12.4. The molecule has 1 atom stereocenters. The fraction of sp³-hybridized carbons (Fsp3) is 0.412. The third-order valence-corrected chi connectivity index (χ3v) is 2.36. The van der Waals surface area contributed by atoms with Crippen LogP contribution in [0.3, 0.4) is 0 Å². The van der Waals surface area contributed by atoms with Gasteiger partial charge in [0.05, 0.1) is 6.10 Å². The van der Waals surface area contributed by atoms with Crippen LogP contribution in [0.25, 0.3) is 0 Å². The normalized spacial score (nSPS) is 13.0. The molecular weight excluding hydrogens is 220 g/mol. The quantitative estimate of drug-likeness (QED) is 0.294. The zero-order valence-electron chi connectivity index (χ0n) is 11.3. The number of unbranched alkanes of at least 4 members (excludes halogenated alkanes) is 3. The zero-order chi connectivity index (χ0) is 13.5. The second-order valence-corrected chi connectivity index (χ2v) is 3.98. The maximum atomic E-state index is 9.23. The molecule has 0 spiro atoms. The van der Waals surface area contributed by atoms with Crippen LogP contribution < -0.4 is 0 Å². The average Bonchev–Trinajstić information content (AvgIpc) is 2.39. The van der Waals surface area contributed by atoms with Gasteiger partial charge in [-0.15, -0.1) is 6.58 Å². The van der Waals surface area contributed by atoms with Crippen molar-refractivity contribution in [2.45, 2.75) is 45.1 Å². The van der Waals surface area contributed by atoms with Gasteiger partial charge in [-0.25, -0.2) is 0 Å². The van der Waals surface area contributed by atoms with Crippen LogP contribution in [0.4, 0.5) is 0 Å². The first-order valence-corrected chi connectivity index (χ1v) is 6.59. The minimum absolute atomic E-state index is 0.376. The summed E-state index contributed by atoms with van der Waals surface area (Å²) in [6.07, 6.45) is 18.2. The smallest absolute Gasteiger partial charge is 0.0727 e. The second-order valence-electron chi connectivity index (χ2n) is 3.98. The molecule has 1 N–H and O–H groups in total. The van der Waals surface area contributed by atoms with Gasteiger partial charge in [-0.2, -0.15) is 0 Å². The summed E-state index contributed by atoms with van der Waals surface area (Å²) in [5.74, 6) is 5.73. The van der Waals surface area contributed by atoms with E-state index in [1.807, 2.05) is 31.2 Å². The number of hydrogen-bond acceptors (Lipinski definition) is 1. The minimum Gasteiger partial charge on any atom is -0.389 e. The van der Waals surface area contributed by atoms with Gasteiger partial charge in [0, 0.05) is 0 Å². The molecule has 98 valence electrons. The molecule has 0 aromatic rings. The molecule has 18 heavy (non-hydrogen) atoms. The van der Waals surface area contributed by atoms with Crippen LogP contribution in [0.15, 0.2) is 49.1 Å². The van der Waals surface area contributed by atoms with Crippen molar-refractivity contribution in [2.24, 2.45) is 0 Å². The molecule has 1 heteroatoms. The van der Waals surface area contributed by atoms with Crippen molar-refractivity contribution in [2.75, 3.05) is 0 Å². The lowest BCUT2D eigenvalue weighted by molar-refractivity contribution is 0.219. The van der Waals surface area contributed by atoms with Gasteiger partial charge in [0.15, 0.2) is 0 Å². The maximum Gasteiger partial charge on any atom is 0.0727 e. The number of allylic oxidation sites excluding steroid dienone is 6. The van der Waals surface area contributed by atoms with Crippen molar-refractivity contribution < 1.29 is 5.11 Å². The Hall–Kier alpha value is -1.52. The Morgan fingerprint density at radius 3 is 2.56 bits per heavy atom. The van der Waals surface area contributed by atoms with Gasteiger partial charge >= 0.3 is 0 Å². The Morgan fingerprint density at radius 1 is 1.11 bits per heavy atom. The monoisotopic (exact) mass is 244 g/mol. The van der Waals surface area contributed by atoms with Crippen molar-refractivity contribution in [3.8, 4) is 11.8 Å². The molecule has 1 nitrogen and oxygen atoms in total. The highest BCUT2D eigenvalue weighted by molar-refractivity contribution is 5.26. The summed E-state index contributed by atoms with van der Waals surface area (Å²) in [5, 5.41) is 9.23. The predicted octanol–water partition coefficient (Wildman–Crippen LogP) is 4.18. The lowest BCUT2D eigenvalue weighted by Crippen LogP contribution is -1.97. The number of rotatable bonds is 8. The van der Waals surface area contributed by atoms with E-state index in [1.165, 1.54) is 12.8 Å². The number of aliphatic hydroxyl groups is 1. The highest BCUT2D eigenvalue weighted by atomic mass is 16.3. The Balaban J connectivity index is 3.64. The second kappa shape index (κ2) is 13.5. The van der Waals surface area contributed by atoms with Crippen LogP contribution in [-0.2, 0) is 0 Å². The molecule has 0 radical (unpaired) electrons. The van der Waals surface area contributed by atoms with E-state index in [2.05, 4.69) is 24.5 Å². The van der Waals surface area contributed by atoms with Gasteiger partial charge in [-0.3, -0.25) is 0 Å². The number of hydrogen-bond donors (Lipinski definition) is 1. The van der Waals surface area contributed by atoms with Crippen molar-refractivity contribution in [3.05, 3.63) is 49.1 Å². The molecule has 1 unspecified atom stereocenters. The predicted molar refractivity (Wildman–Crippen MR) is 80.2 cm³/mol. The molecule has 0 aromatic carbocycles. The molecule has 0 saturated heterocycles. The number of aliphatic hydroxyl groups excluding tert-OH is 1. The van der Waals surface area contributed by atoms with Crippen LogP contribution in [0.1, 0.15) is 39.0 Å². The van der Waals surface area contributed by atoms with Gasteiger partial charge in [-0.1, -0.05) is 43.1 Å². The Bertz CT molecular complexity index is 336. The molecule has 0 fully saturated rings. The Labute approximate surface area is 112 Å². The van der Waals surface area contributed by atoms with E-state index in [1.54, 1.807) is 12.2 Å². The Morgan fingerprint density at radius 2 is 1.83 bits per heavy atom. The topological polar surface area (TPSA) is 20.2 Å². The summed E-state index contributed by atoms with van der Waals surface area (Å²) in [5.41, 5.74) is 0. The van der Waals surface area contributed by atoms with Crippen LogP contribution in [-0.4, -0.2) is 11.2 Å². The summed E-state index contributed by atoms with van der Waals surface area (Å²) in [6.45, 7) is 5.63. The van der Waals surface area contributed by atoms with Crippen molar-refractivity contribution >= 4 is 0 Å². The van der Waals surface area contributed by atoms with E-state index in [0.29, 0.717) is 0 Å². The van der Waals surface area contributed by atoms with E-state index in [4.69, 9.17) is 0 Å². The van der Waals surface area contributed by atoms with Gasteiger partial charge in [0.1, 0.15) is 0 Å². The van der Waals surface area contributed by atoms with Crippen molar-refractivity contribution in [3.63, 3.8) is 0 Å². The van der Waals surface area contributed by atoms with Crippen molar-refractivity contribution in [1.29, 1.82) is 0 Å². The van der Waals surface area contributed by atoms with Crippen LogP contribution in [0.5, 0.6) is 0 Å². The third-order valence-electron chi connectivity index (χ3n) is 2.36. The molecule has 0 heterocycles. The zero-order valence-corrected chi connectivity index (χ0v) is 11.3. The molecule has 0 aliphatic carbocycles. The summed E-state index contributed by atoms with van der Waals surface area (Å²) < 4.78 is 0. The fourth-order valence-corrected chi connectivity index (χ4v) is 1.22. The molecule has 0 amide bonds. The standard InChI is InChI=1S/C17H24O/c1-3-5-6-7-8-9-10-11-12-13-14-15-16-17(18)4-2/h3,9-12,15-18H,1,4-8H2,2H3. The molecule has 0 rings (SSSR count). The van der Waals surface area contributed by atoms with Gasteiger partial charge < -0.3 is 5.11 Å². The summed E-state index contributed by atoms with van der Waals surface area (Å²) in [6, 6.07) is 0.